The topological polar surface area (TPSA) is 12.0 Å². The number of hydrogen-bond acceptors (Lipinski definition) is 1. The molecule has 0 aliphatic heterocycles. The molecule has 1 aliphatic carbocycles. The zero-order valence-corrected chi connectivity index (χ0v) is 8.94. The Hall–Kier alpha value is -0.180. The van der Waals surface area contributed by atoms with E-state index < -0.39 is 12.5 Å². The third-order valence-corrected chi connectivity index (χ3v) is 3.06. The van der Waals surface area contributed by atoms with Crippen molar-refractivity contribution in [1.29, 1.82) is 0 Å². The fourth-order valence-electron chi connectivity index (χ4n) is 2.27. The molecule has 0 heterocycles. The minimum absolute atomic E-state index is 0.204. The van der Waals surface area contributed by atoms with Crippen molar-refractivity contribution < 1.29 is 8.78 Å². The largest absolute Gasteiger partial charge is 0.309 e. The van der Waals surface area contributed by atoms with Crippen molar-refractivity contribution in [2.24, 2.45) is 5.92 Å². The first-order valence-corrected chi connectivity index (χ1v) is 5.77. The van der Waals surface area contributed by atoms with Gasteiger partial charge in [0, 0.05) is 0 Å². The van der Waals surface area contributed by atoms with Crippen LogP contribution in [0.1, 0.15) is 45.4 Å². The van der Waals surface area contributed by atoms with E-state index in [-0.39, 0.29) is 5.92 Å². The van der Waals surface area contributed by atoms with Crippen LogP contribution >= 0.6 is 0 Å². The average molecular weight is 205 g/mol. The Labute approximate surface area is 85.3 Å². The van der Waals surface area contributed by atoms with E-state index in [1.165, 1.54) is 6.42 Å². The quantitative estimate of drug-likeness (QED) is 0.726. The second-order valence-electron chi connectivity index (χ2n) is 4.21. The molecule has 1 N–H and O–H groups in total. The van der Waals surface area contributed by atoms with Crippen molar-refractivity contribution in [3.63, 3.8) is 0 Å². The molecule has 0 radical (unpaired) electrons. The Bertz CT molecular complexity index is 144. The number of alkyl halides is 2. The van der Waals surface area contributed by atoms with Gasteiger partial charge in [-0.1, -0.05) is 26.2 Å². The standard InChI is InChI=1S/C11H21F2N/c1-2-8-14-10(11(12)13)9-6-4-3-5-7-9/h9-11,14H,2-8H2,1H3. The van der Waals surface area contributed by atoms with E-state index in [2.05, 4.69) is 5.32 Å². The molecular formula is C11H21F2N. The first-order chi connectivity index (χ1) is 6.75. The van der Waals surface area contributed by atoms with Gasteiger partial charge in [-0.15, -0.1) is 0 Å². The van der Waals surface area contributed by atoms with E-state index in [9.17, 15) is 8.78 Å². The highest BCUT2D eigenvalue weighted by atomic mass is 19.3. The number of nitrogens with one attached hydrogen (secondary N) is 1. The van der Waals surface area contributed by atoms with E-state index in [0.29, 0.717) is 6.54 Å². The molecule has 0 aromatic rings. The van der Waals surface area contributed by atoms with E-state index in [1.54, 1.807) is 0 Å². The van der Waals surface area contributed by atoms with E-state index in [1.807, 2.05) is 6.92 Å². The van der Waals surface area contributed by atoms with Crippen molar-refractivity contribution in [2.45, 2.75) is 57.9 Å². The van der Waals surface area contributed by atoms with Crippen LogP contribution in [0.2, 0.25) is 0 Å². The summed E-state index contributed by atoms with van der Waals surface area (Å²) in [5.74, 6) is 0.204. The van der Waals surface area contributed by atoms with Gasteiger partial charge >= 0.3 is 0 Å². The number of hydrogen-bond donors (Lipinski definition) is 1. The first kappa shape index (κ1) is 11.9. The Morgan fingerprint density at radius 3 is 2.36 bits per heavy atom. The molecule has 0 aromatic heterocycles. The summed E-state index contributed by atoms with van der Waals surface area (Å²) in [5.41, 5.74) is 0. The van der Waals surface area contributed by atoms with Gasteiger partial charge in [-0.3, -0.25) is 0 Å². The molecule has 1 nitrogen and oxygen atoms in total. The minimum atomic E-state index is -2.20. The van der Waals surface area contributed by atoms with Gasteiger partial charge < -0.3 is 5.32 Å². The van der Waals surface area contributed by atoms with Gasteiger partial charge in [-0.2, -0.15) is 0 Å². The van der Waals surface area contributed by atoms with Crippen LogP contribution in [0.4, 0.5) is 8.78 Å². The Balaban J connectivity index is 2.39. The van der Waals surface area contributed by atoms with E-state index in [0.717, 1.165) is 32.1 Å². The Morgan fingerprint density at radius 1 is 1.21 bits per heavy atom. The van der Waals surface area contributed by atoms with Crippen LogP contribution in [0.25, 0.3) is 0 Å². The molecule has 0 aromatic carbocycles. The molecule has 0 amide bonds. The summed E-state index contributed by atoms with van der Waals surface area (Å²) in [4.78, 5) is 0. The lowest BCUT2D eigenvalue weighted by Crippen LogP contribution is -2.43. The molecule has 0 bridgehead atoms. The van der Waals surface area contributed by atoms with Crippen LogP contribution in [0.3, 0.4) is 0 Å². The summed E-state index contributed by atoms with van der Waals surface area (Å²) < 4.78 is 25.5. The molecule has 1 fully saturated rings. The van der Waals surface area contributed by atoms with Crippen LogP contribution in [0.15, 0.2) is 0 Å². The summed E-state index contributed by atoms with van der Waals surface area (Å²) in [7, 11) is 0. The van der Waals surface area contributed by atoms with Gasteiger partial charge in [0.05, 0.1) is 6.04 Å². The van der Waals surface area contributed by atoms with Crippen LogP contribution in [-0.4, -0.2) is 19.0 Å². The maximum Gasteiger partial charge on any atom is 0.253 e. The lowest BCUT2D eigenvalue weighted by molar-refractivity contribution is 0.0578. The number of rotatable bonds is 5. The second-order valence-corrected chi connectivity index (χ2v) is 4.21. The Kier molecular flexibility index (Phi) is 5.38. The predicted octanol–water partition coefficient (Wildman–Crippen LogP) is 3.20. The van der Waals surface area contributed by atoms with E-state index in [4.69, 9.17) is 0 Å². The molecule has 1 aliphatic rings. The Morgan fingerprint density at radius 2 is 1.86 bits per heavy atom. The summed E-state index contributed by atoms with van der Waals surface area (Å²) in [6, 6.07) is -0.560. The maximum absolute atomic E-state index is 12.7. The molecule has 0 saturated heterocycles. The zero-order chi connectivity index (χ0) is 10.4. The molecule has 1 atom stereocenters. The van der Waals surface area contributed by atoms with Crippen molar-refractivity contribution in [2.75, 3.05) is 6.54 Å². The fourth-order valence-corrected chi connectivity index (χ4v) is 2.27. The van der Waals surface area contributed by atoms with Crippen molar-refractivity contribution in [3.8, 4) is 0 Å². The number of halogens is 2. The molecule has 1 saturated carbocycles. The van der Waals surface area contributed by atoms with Gasteiger partial charge in [0.15, 0.2) is 0 Å². The van der Waals surface area contributed by atoms with Gasteiger partial charge in [-0.05, 0) is 31.7 Å². The van der Waals surface area contributed by atoms with Crippen LogP contribution in [0, 0.1) is 5.92 Å². The molecular weight excluding hydrogens is 184 g/mol. The molecule has 3 heteroatoms. The highest BCUT2D eigenvalue weighted by Crippen LogP contribution is 2.28. The SMILES string of the molecule is CCCNC(C(F)F)C1CCCCC1. The van der Waals surface area contributed by atoms with Crippen LogP contribution in [0.5, 0.6) is 0 Å². The van der Waals surface area contributed by atoms with E-state index >= 15 is 0 Å². The molecule has 84 valence electrons. The summed E-state index contributed by atoms with van der Waals surface area (Å²) >= 11 is 0. The third-order valence-electron chi connectivity index (χ3n) is 3.06. The van der Waals surface area contributed by atoms with Crippen LogP contribution < -0.4 is 5.32 Å². The van der Waals surface area contributed by atoms with Crippen molar-refractivity contribution in [3.05, 3.63) is 0 Å². The molecule has 14 heavy (non-hydrogen) atoms. The molecule has 0 spiro atoms. The van der Waals surface area contributed by atoms with Gasteiger partial charge in [0.25, 0.3) is 6.43 Å². The van der Waals surface area contributed by atoms with Crippen molar-refractivity contribution in [1.82, 2.24) is 5.32 Å². The highest BCUT2D eigenvalue weighted by molar-refractivity contribution is 4.81. The zero-order valence-electron chi connectivity index (χ0n) is 8.94. The molecule has 1 unspecified atom stereocenters. The highest BCUT2D eigenvalue weighted by Gasteiger charge is 2.29. The average Bonchev–Trinajstić information content (AvgIpc) is 2.19. The summed E-state index contributed by atoms with van der Waals surface area (Å²) in [6.45, 7) is 2.72. The fraction of sp³-hybridized carbons (Fsp3) is 1.00. The van der Waals surface area contributed by atoms with Crippen LogP contribution in [-0.2, 0) is 0 Å². The predicted molar refractivity (Wildman–Crippen MR) is 54.7 cm³/mol. The third kappa shape index (κ3) is 3.52. The minimum Gasteiger partial charge on any atom is -0.309 e. The first-order valence-electron chi connectivity index (χ1n) is 5.77. The normalized spacial score (nSPS) is 21.4. The van der Waals surface area contributed by atoms with Crippen molar-refractivity contribution >= 4 is 0 Å². The van der Waals surface area contributed by atoms with Gasteiger partial charge in [-0.25, -0.2) is 8.78 Å². The smallest absolute Gasteiger partial charge is 0.253 e. The lowest BCUT2D eigenvalue weighted by Gasteiger charge is -2.30. The van der Waals surface area contributed by atoms with Gasteiger partial charge in [0.1, 0.15) is 0 Å². The monoisotopic (exact) mass is 205 g/mol. The van der Waals surface area contributed by atoms with Gasteiger partial charge in [0.2, 0.25) is 0 Å². The second kappa shape index (κ2) is 6.33. The summed E-state index contributed by atoms with van der Waals surface area (Å²) in [6.07, 6.45) is 4.15. The maximum atomic E-state index is 12.7. The lowest BCUT2D eigenvalue weighted by atomic mass is 9.84. The molecule has 1 rings (SSSR count). The summed E-state index contributed by atoms with van der Waals surface area (Å²) in [5, 5.41) is 2.99.